The smallest absolute Gasteiger partial charge is 0.234 e. The number of hydrogen-bond donors (Lipinski definition) is 3. The van der Waals surface area contributed by atoms with Crippen LogP contribution in [0.25, 0.3) is 0 Å². The fraction of sp³-hybridized carbons (Fsp3) is 0.417. The van der Waals surface area contributed by atoms with Crippen molar-refractivity contribution in [1.82, 2.24) is 0 Å². The Morgan fingerprint density at radius 1 is 1.38 bits per heavy atom. The lowest BCUT2D eigenvalue weighted by Gasteiger charge is -2.09. The summed E-state index contributed by atoms with van der Waals surface area (Å²) in [6, 6.07) is 6.26. The second-order valence-electron chi connectivity index (χ2n) is 4.02. The molecule has 1 aromatic carbocycles. The van der Waals surface area contributed by atoms with E-state index in [9.17, 15) is 8.42 Å². The zero-order chi connectivity index (χ0) is 15.7. The van der Waals surface area contributed by atoms with Crippen molar-refractivity contribution in [2.24, 2.45) is 10.9 Å². The van der Waals surface area contributed by atoms with Crippen LogP contribution in [0.5, 0.6) is 5.75 Å². The topological polar surface area (TPSA) is 123 Å². The number of rotatable bonds is 9. The van der Waals surface area contributed by atoms with E-state index in [4.69, 9.17) is 20.4 Å². The van der Waals surface area contributed by atoms with Gasteiger partial charge in [-0.25, -0.2) is 8.42 Å². The maximum Gasteiger partial charge on any atom is 0.234 e. The van der Waals surface area contributed by atoms with Crippen LogP contribution >= 0.6 is 0 Å². The lowest BCUT2D eigenvalue weighted by atomic mass is 10.3. The Bertz CT molecular complexity index is 557. The summed E-state index contributed by atoms with van der Waals surface area (Å²) in [5.74, 6) is 0.303. The molecule has 1 rings (SSSR count). The van der Waals surface area contributed by atoms with Gasteiger partial charge >= 0.3 is 0 Å². The Balaban J connectivity index is 2.54. The minimum absolute atomic E-state index is 0.0595. The van der Waals surface area contributed by atoms with E-state index in [1.54, 1.807) is 31.2 Å². The van der Waals surface area contributed by atoms with E-state index in [1.807, 2.05) is 0 Å². The Hall–Kier alpha value is -2.00. The van der Waals surface area contributed by atoms with Crippen LogP contribution in [-0.4, -0.2) is 45.0 Å². The highest BCUT2D eigenvalue weighted by molar-refractivity contribution is 7.92. The first-order chi connectivity index (χ1) is 9.96. The van der Waals surface area contributed by atoms with Crippen molar-refractivity contribution in [3.63, 3.8) is 0 Å². The quantitative estimate of drug-likeness (QED) is 0.201. The number of oxime groups is 1. The predicted octanol–water partition coefficient (Wildman–Crippen LogP) is 0.590. The highest BCUT2D eigenvalue weighted by atomic mass is 32.2. The third kappa shape index (κ3) is 6.82. The molecule has 0 saturated heterocycles. The van der Waals surface area contributed by atoms with Crippen LogP contribution in [-0.2, 0) is 14.8 Å². The molecule has 0 aromatic heterocycles. The summed E-state index contributed by atoms with van der Waals surface area (Å²) < 4.78 is 36.1. The lowest BCUT2D eigenvalue weighted by molar-refractivity contribution is 0.163. The summed E-state index contributed by atoms with van der Waals surface area (Å²) >= 11 is 0. The van der Waals surface area contributed by atoms with E-state index in [0.717, 1.165) is 0 Å². The molecule has 0 heterocycles. The molecule has 0 atom stereocenters. The summed E-state index contributed by atoms with van der Waals surface area (Å²) in [7, 11) is -3.44. The van der Waals surface area contributed by atoms with Crippen LogP contribution in [0.15, 0.2) is 29.4 Å². The number of nitrogens with zero attached hydrogens (tertiary/aromatic N) is 1. The first kappa shape index (κ1) is 17.1. The van der Waals surface area contributed by atoms with Gasteiger partial charge in [-0.1, -0.05) is 5.16 Å². The number of benzene rings is 1. The molecular formula is C12H19N3O5S. The molecule has 118 valence electrons. The average molecular weight is 317 g/mol. The molecule has 0 aliphatic carbocycles. The van der Waals surface area contributed by atoms with Gasteiger partial charge in [-0.2, -0.15) is 0 Å². The van der Waals surface area contributed by atoms with Gasteiger partial charge in [-0.15, -0.1) is 0 Å². The van der Waals surface area contributed by atoms with Gasteiger partial charge in [0.05, 0.1) is 12.4 Å². The molecule has 0 saturated carbocycles. The highest BCUT2D eigenvalue weighted by Gasteiger charge is 2.10. The number of nitrogens with one attached hydrogen (secondary N) is 1. The third-order valence-electron chi connectivity index (χ3n) is 2.34. The van der Waals surface area contributed by atoms with Gasteiger partial charge in [0.1, 0.15) is 12.4 Å². The summed E-state index contributed by atoms with van der Waals surface area (Å²) in [6.45, 7) is 2.36. The second-order valence-corrected chi connectivity index (χ2v) is 5.86. The fourth-order valence-electron chi connectivity index (χ4n) is 1.35. The van der Waals surface area contributed by atoms with Gasteiger partial charge in [0, 0.05) is 12.3 Å². The maximum absolute atomic E-state index is 11.7. The predicted molar refractivity (Wildman–Crippen MR) is 79.2 cm³/mol. The van der Waals surface area contributed by atoms with Crippen LogP contribution in [0.1, 0.15) is 6.92 Å². The number of amidine groups is 1. The molecule has 4 N–H and O–H groups in total. The first-order valence-electron chi connectivity index (χ1n) is 6.24. The molecule has 0 amide bonds. The monoisotopic (exact) mass is 317 g/mol. The summed E-state index contributed by atoms with van der Waals surface area (Å²) in [5, 5.41) is 11.1. The summed E-state index contributed by atoms with van der Waals surface area (Å²) in [4.78, 5) is 0. The van der Waals surface area contributed by atoms with Crippen LogP contribution in [0.2, 0.25) is 0 Å². The molecule has 21 heavy (non-hydrogen) atoms. The van der Waals surface area contributed by atoms with Gasteiger partial charge in [-0.3, -0.25) is 4.72 Å². The van der Waals surface area contributed by atoms with Gasteiger partial charge in [-0.05, 0) is 31.2 Å². The Kier molecular flexibility index (Phi) is 6.76. The Morgan fingerprint density at radius 3 is 2.62 bits per heavy atom. The van der Waals surface area contributed by atoms with E-state index < -0.39 is 10.0 Å². The van der Waals surface area contributed by atoms with Crippen LogP contribution < -0.4 is 15.2 Å². The molecule has 1 aromatic rings. The van der Waals surface area contributed by atoms with E-state index in [2.05, 4.69) is 9.88 Å². The van der Waals surface area contributed by atoms with Crippen LogP contribution in [0.3, 0.4) is 0 Å². The zero-order valence-corrected chi connectivity index (χ0v) is 12.5. The van der Waals surface area contributed by atoms with E-state index in [0.29, 0.717) is 18.0 Å². The molecule has 0 spiro atoms. The SMILES string of the molecule is CCOCCS(=O)(=O)Nc1ccc(OCC(N)=NO)cc1. The third-order valence-corrected chi connectivity index (χ3v) is 3.59. The molecule has 0 bridgehead atoms. The number of hydrogen-bond acceptors (Lipinski definition) is 6. The second kappa shape index (κ2) is 8.32. The van der Waals surface area contributed by atoms with E-state index >= 15 is 0 Å². The lowest BCUT2D eigenvalue weighted by Crippen LogP contribution is -2.21. The average Bonchev–Trinajstić information content (AvgIpc) is 2.46. The Labute approximate surface area is 123 Å². The normalized spacial score (nSPS) is 12.1. The molecule has 9 heteroatoms. The minimum Gasteiger partial charge on any atom is -0.486 e. The molecule has 0 aliphatic heterocycles. The molecule has 0 aliphatic rings. The number of sulfonamides is 1. The van der Waals surface area contributed by atoms with Crippen molar-refractivity contribution in [3.05, 3.63) is 24.3 Å². The van der Waals surface area contributed by atoms with Gasteiger partial charge in [0.2, 0.25) is 10.0 Å². The molecule has 0 fully saturated rings. The van der Waals surface area contributed by atoms with Gasteiger partial charge in [0.15, 0.2) is 5.84 Å². The first-order valence-corrected chi connectivity index (χ1v) is 7.89. The summed E-state index contributed by atoms with van der Waals surface area (Å²) in [6.07, 6.45) is 0. The van der Waals surface area contributed by atoms with Crippen molar-refractivity contribution >= 4 is 21.5 Å². The van der Waals surface area contributed by atoms with Crippen molar-refractivity contribution in [3.8, 4) is 5.75 Å². The fourth-order valence-corrected chi connectivity index (χ4v) is 2.28. The highest BCUT2D eigenvalue weighted by Crippen LogP contribution is 2.16. The molecule has 0 radical (unpaired) electrons. The molecular weight excluding hydrogens is 298 g/mol. The summed E-state index contributed by atoms with van der Waals surface area (Å²) in [5.41, 5.74) is 5.68. The Morgan fingerprint density at radius 2 is 2.05 bits per heavy atom. The maximum atomic E-state index is 11.7. The van der Waals surface area contributed by atoms with Crippen molar-refractivity contribution in [2.45, 2.75) is 6.92 Å². The standard InChI is InChI=1S/C12H19N3O5S/c1-2-19-7-8-21(17,18)15-10-3-5-11(6-4-10)20-9-12(13)14-16/h3-6,15-16H,2,7-9H2,1H3,(H2,13,14). The number of nitrogens with two attached hydrogens (primary N) is 1. The van der Waals surface area contributed by atoms with Gasteiger partial charge in [0.25, 0.3) is 0 Å². The van der Waals surface area contributed by atoms with Gasteiger partial charge < -0.3 is 20.4 Å². The largest absolute Gasteiger partial charge is 0.486 e. The van der Waals surface area contributed by atoms with Crippen molar-refractivity contribution in [2.75, 3.05) is 30.3 Å². The van der Waals surface area contributed by atoms with Crippen molar-refractivity contribution < 1.29 is 23.1 Å². The number of ether oxygens (including phenoxy) is 2. The molecule has 8 nitrogen and oxygen atoms in total. The zero-order valence-electron chi connectivity index (χ0n) is 11.7. The number of anilines is 1. The van der Waals surface area contributed by atoms with E-state index in [-0.39, 0.29) is 24.8 Å². The van der Waals surface area contributed by atoms with Crippen LogP contribution in [0.4, 0.5) is 5.69 Å². The minimum atomic E-state index is -3.44. The van der Waals surface area contributed by atoms with E-state index in [1.165, 1.54) is 0 Å². The molecule has 0 unspecified atom stereocenters. The van der Waals surface area contributed by atoms with Crippen LogP contribution in [0, 0.1) is 0 Å². The van der Waals surface area contributed by atoms with Crippen molar-refractivity contribution in [1.29, 1.82) is 0 Å².